The molecule has 0 spiro atoms. The molecule has 3 nitrogen and oxygen atoms in total. The molecule has 3 rings (SSSR count). The molecule has 7 heteroatoms. The first-order valence-corrected chi connectivity index (χ1v) is 6.93. The molecule has 2 heterocycles. The number of hydrogen-bond donors (Lipinski definition) is 2. The molecule has 0 bridgehead atoms. The van der Waals surface area contributed by atoms with Gasteiger partial charge in [0.2, 0.25) is 0 Å². The Morgan fingerprint density at radius 3 is 2.55 bits per heavy atom. The summed E-state index contributed by atoms with van der Waals surface area (Å²) in [6, 6.07) is 5.22. The van der Waals surface area contributed by atoms with Gasteiger partial charge in [-0.25, -0.2) is 5.01 Å². The van der Waals surface area contributed by atoms with Gasteiger partial charge in [-0.05, 0) is 30.5 Å². The molecule has 110 valence electrons. The molecule has 0 aromatic heterocycles. The molecule has 3 unspecified atom stereocenters. The van der Waals surface area contributed by atoms with Gasteiger partial charge in [-0.2, -0.15) is 13.2 Å². The van der Waals surface area contributed by atoms with Crippen molar-refractivity contribution in [2.45, 2.75) is 37.3 Å². The van der Waals surface area contributed by atoms with E-state index in [0.717, 1.165) is 5.56 Å². The van der Waals surface area contributed by atoms with E-state index in [1.165, 1.54) is 5.01 Å². The Morgan fingerprint density at radius 1 is 1.20 bits per heavy atom. The lowest BCUT2D eigenvalue weighted by molar-refractivity contribution is -0.207. The lowest BCUT2D eigenvalue weighted by Gasteiger charge is -2.42. The number of halogens is 4. The average Bonchev–Trinajstić information content (AvgIpc) is 2.85. The molecule has 1 aromatic rings. The highest BCUT2D eigenvalue weighted by atomic mass is 35.5. The lowest BCUT2D eigenvalue weighted by Crippen LogP contribution is -2.61. The van der Waals surface area contributed by atoms with Crippen molar-refractivity contribution in [3.8, 4) is 0 Å². The largest absolute Gasteiger partial charge is 0.405 e. The van der Waals surface area contributed by atoms with Gasteiger partial charge in [0.1, 0.15) is 6.04 Å². The molecular formula is C13H15ClF3N3. The second kappa shape index (κ2) is 5.18. The van der Waals surface area contributed by atoms with Crippen molar-refractivity contribution >= 4 is 11.6 Å². The molecule has 0 radical (unpaired) electrons. The smallest absolute Gasteiger partial charge is 0.294 e. The highest BCUT2D eigenvalue weighted by Gasteiger charge is 2.51. The third-order valence-corrected chi connectivity index (χ3v) is 4.14. The van der Waals surface area contributed by atoms with Crippen LogP contribution in [0.3, 0.4) is 0 Å². The van der Waals surface area contributed by atoms with Crippen molar-refractivity contribution in [2.75, 3.05) is 6.54 Å². The zero-order chi connectivity index (χ0) is 14.3. The van der Waals surface area contributed by atoms with Crippen LogP contribution in [0, 0.1) is 0 Å². The second-order valence-electron chi connectivity index (χ2n) is 5.18. The molecule has 0 saturated carbocycles. The van der Waals surface area contributed by atoms with Crippen LogP contribution in [0.15, 0.2) is 24.3 Å². The van der Waals surface area contributed by atoms with E-state index in [1.807, 2.05) is 0 Å². The van der Waals surface area contributed by atoms with Gasteiger partial charge in [0.05, 0.1) is 6.17 Å². The summed E-state index contributed by atoms with van der Waals surface area (Å²) in [5.41, 5.74) is 3.67. The van der Waals surface area contributed by atoms with E-state index in [-0.39, 0.29) is 18.6 Å². The molecule has 2 fully saturated rings. The lowest BCUT2D eigenvalue weighted by atomic mass is 9.95. The van der Waals surface area contributed by atoms with Crippen molar-refractivity contribution < 1.29 is 13.2 Å². The Balaban J connectivity index is 1.85. The minimum absolute atomic E-state index is 0.00533. The van der Waals surface area contributed by atoms with Gasteiger partial charge in [0, 0.05) is 17.6 Å². The van der Waals surface area contributed by atoms with Gasteiger partial charge in [-0.1, -0.05) is 23.7 Å². The Hall–Kier alpha value is -0.820. The van der Waals surface area contributed by atoms with Crippen molar-refractivity contribution in [3.63, 3.8) is 0 Å². The Morgan fingerprint density at radius 2 is 1.90 bits per heavy atom. The standard InChI is InChI=1S/C13H15ClF3N3/c14-9-3-1-8(2-4-9)10-7-11(13(15,16)17)20-12(19-10)5-6-18-20/h1-4,10-12,18-19H,5-7H2. The summed E-state index contributed by atoms with van der Waals surface area (Å²) in [4.78, 5) is 0. The molecular weight excluding hydrogens is 291 g/mol. The fourth-order valence-electron chi connectivity index (χ4n) is 2.93. The molecule has 20 heavy (non-hydrogen) atoms. The Bertz CT molecular complexity index is 477. The fourth-order valence-corrected chi connectivity index (χ4v) is 3.05. The van der Waals surface area contributed by atoms with Crippen LogP contribution in [-0.4, -0.2) is 29.9 Å². The van der Waals surface area contributed by atoms with Gasteiger partial charge < -0.3 is 0 Å². The van der Waals surface area contributed by atoms with Crippen molar-refractivity contribution in [3.05, 3.63) is 34.9 Å². The molecule has 0 amide bonds. The van der Waals surface area contributed by atoms with Crippen LogP contribution in [0.1, 0.15) is 24.4 Å². The summed E-state index contributed by atoms with van der Waals surface area (Å²) < 4.78 is 39.6. The van der Waals surface area contributed by atoms with Crippen LogP contribution in [0.25, 0.3) is 0 Å². The normalized spacial score (nSPS) is 31.3. The molecule has 2 aliphatic heterocycles. The van der Waals surface area contributed by atoms with E-state index in [9.17, 15) is 13.2 Å². The number of nitrogens with zero attached hydrogens (tertiary/aromatic N) is 1. The fraction of sp³-hybridized carbons (Fsp3) is 0.538. The van der Waals surface area contributed by atoms with Gasteiger partial charge >= 0.3 is 6.18 Å². The van der Waals surface area contributed by atoms with E-state index in [2.05, 4.69) is 10.7 Å². The molecule has 1 aromatic carbocycles. The van der Waals surface area contributed by atoms with Crippen molar-refractivity contribution in [1.29, 1.82) is 0 Å². The van der Waals surface area contributed by atoms with Crippen LogP contribution < -0.4 is 10.7 Å². The summed E-state index contributed by atoms with van der Waals surface area (Å²) in [5, 5.41) is 5.17. The number of benzene rings is 1. The van der Waals surface area contributed by atoms with Crippen LogP contribution in [0.2, 0.25) is 5.02 Å². The van der Waals surface area contributed by atoms with Crippen LogP contribution >= 0.6 is 11.6 Å². The van der Waals surface area contributed by atoms with Crippen molar-refractivity contribution in [1.82, 2.24) is 15.8 Å². The Labute approximate surface area is 120 Å². The monoisotopic (exact) mass is 305 g/mol. The summed E-state index contributed by atoms with van der Waals surface area (Å²) in [5.74, 6) is 0. The molecule has 2 N–H and O–H groups in total. The number of rotatable bonds is 1. The highest BCUT2D eigenvalue weighted by Crippen LogP contribution is 2.37. The van der Waals surface area contributed by atoms with E-state index >= 15 is 0 Å². The zero-order valence-electron chi connectivity index (χ0n) is 10.6. The first-order valence-electron chi connectivity index (χ1n) is 6.55. The van der Waals surface area contributed by atoms with Gasteiger partial charge in [-0.15, -0.1) is 0 Å². The highest BCUT2D eigenvalue weighted by molar-refractivity contribution is 6.30. The van der Waals surface area contributed by atoms with Crippen LogP contribution in [0.5, 0.6) is 0 Å². The third-order valence-electron chi connectivity index (χ3n) is 3.89. The van der Waals surface area contributed by atoms with Gasteiger partial charge in [0.15, 0.2) is 0 Å². The van der Waals surface area contributed by atoms with E-state index in [4.69, 9.17) is 11.6 Å². The number of hydrogen-bond acceptors (Lipinski definition) is 3. The predicted molar refractivity (Wildman–Crippen MR) is 70.0 cm³/mol. The number of nitrogens with one attached hydrogen (secondary N) is 2. The Kier molecular flexibility index (Phi) is 3.66. The first kappa shape index (κ1) is 14.1. The quantitative estimate of drug-likeness (QED) is 0.835. The van der Waals surface area contributed by atoms with E-state index in [0.29, 0.717) is 18.0 Å². The minimum Gasteiger partial charge on any atom is -0.294 e. The molecule has 3 atom stereocenters. The maximum Gasteiger partial charge on any atom is 0.405 e. The summed E-state index contributed by atoms with van der Waals surface area (Å²) >= 11 is 5.82. The summed E-state index contributed by atoms with van der Waals surface area (Å²) in [6.07, 6.45) is -3.86. The summed E-state index contributed by atoms with van der Waals surface area (Å²) in [6.45, 7) is 0.567. The molecule has 2 saturated heterocycles. The minimum atomic E-state index is -4.23. The van der Waals surface area contributed by atoms with E-state index in [1.54, 1.807) is 24.3 Å². The van der Waals surface area contributed by atoms with Crippen LogP contribution in [-0.2, 0) is 0 Å². The number of hydrazine groups is 1. The molecule has 2 aliphatic rings. The van der Waals surface area contributed by atoms with Gasteiger partial charge in [0.25, 0.3) is 0 Å². The van der Waals surface area contributed by atoms with Crippen LogP contribution in [0.4, 0.5) is 13.2 Å². The second-order valence-corrected chi connectivity index (χ2v) is 5.62. The first-order chi connectivity index (χ1) is 9.45. The zero-order valence-corrected chi connectivity index (χ0v) is 11.4. The van der Waals surface area contributed by atoms with E-state index < -0.39 is 12.2 Å². The molecule has 0 aliphatic carbocycles. The van der Waals surface area contributed by atoms with Gasteiger partial charge in [-0.3, -0.25) is 10.7 Å². The SMILES string of the molecule is FC(F)(F)C1CC(c2ccc(Cl)cc2)NC2CCNN21. The average molecular weight is 306 g/mol. The number of fused-ring (bicyclic) bond motifs is 1. The predicted octanol–water partition coefficient (Wildman–Crippen LogP) is 2.84. The maximum absolute atomic E-state index is 13.2. The topological polar surface area (TPSA) is 27.3 Å². The summed E-state index contributed by atoms with van der Waals surface area (Å²) in [7, 11) is 0. The maximum atomic E-state index is 13.2. The third kappa shape index (κ3) is 2.65. The van der Waals surface area contributed by atoms with Crippen molar-refractivity contribution in [2.24, 2.45) is 0 Å². The number of alkyl halides is 3.